The van der Waals surface area contributed by atoms with E-state index in [2.05, 4.69) is 15.1 Å². The zero-order valence-electron chi connectivity index (χ0n) is 24.1. The molecule has 3 aromatic rings. The van der Waals surface area contributed by atoms with Gasteiger partial charge in [-0.25, -0.2) is 8.78 Å². The molecule has 2 aromatic carbocycles. The van der Waals surface area contributed by atoms with Gasteiger partial charge in [-0.2, -0.15) is 14.3 Å². The first-order valence-electron chi connectivity index (χ1n) is 13.6. The number of likely N-dealkylation sites (N-methyl/N-ethyl adjacent to an activating group) is 1. The highest BCUT2D eigenvalue weighted by molar-refractivity contribution is 7.93. The Morgan fingerprint density at radius 1 is 1.24 bits per heavy atom. The molecular formula is C28H37F2N6O5S+. The highest BCUT2D eigenvalue weighted by Crippen LogP contribution is 2.45. The van der Waals surface area contributed by atoms with Crippen LogP contribution in [-0.4, -0.2) is 51.9 Å². The largest absolute Gasteiger partial charge is 0.629 e. The molecule has 0 bridgehead atoms. The van der Waals surface area contributed by atoms with Gasteiger partial charge < -0.3 is 20.3 Å². The lowest BCUT2D eigenvalue weighted by Crippen LogP contribution is -2.98. The fourth-order valence-electron chi connectivity index (χ4n) is 4.35. The molecule has 1 aliphatic carbocycles. The van der Waals surface area contributed by atoms with Gasteiger partial charge in [0.1, 0.15) is 23.0 Å². The predicted molar refractivity (Wildman–Crippen MR) is 157 cm³/mol. The van der Waals surface area contributed by atoms with Crippen LogP contribution in [0.5, 0.6) is 5.75 Å². The number of ether oxygens (including phenoxy) is 1. The van der Waals surface area contributed by atoms with Crippen molar-refractivity contribution >= 4 is 22.0 Å². The van der Waals surface area contributed by atoms with E-state index in [1.165, 1.54) is 17.5 Å². The molecule has 11 nitrogen and oxygen atoms in total. The van der Waals surface area contributed by atoms with E-state index < -0.39 is 27.8 Å². The van der Waals surface area contributed by atoms with Gasteiger partial charge in [-0.15, -0.1) is 0 Å². The lowest BCUT2D eigenvalue weighted by atomic mass is 10.1. The maximum atomic E-state index is 13.8. The number of aromatic nitrogens is 2. The van der Waals surface area contributed by atoms with Crippen LogP contribution in [-0.2, 0) is 21.3 Å². The summed E-state index contributed by atoms with van der Waals surface area (Å²) in [6, 6.07) is 7.99. The van der Waals surface area contributed by atoms with Gasteiger partial charge >= 0.3 is 16.1 Å². The number of benzene rings is 2. The zero-order chi connectivity index (χ0) is 30.7. The second kappa shape index (κ2) is 12.9. The first-order chi connectivity index (χ1) is 19.8. The molecule has 0 aliphatic heterocycles. The summed E-state index contributed by atoms with van der Waals surface area (Å²) in [5.41, 5.74) is 1.49. The third kappa shape index (κ3) is 7.76. The highest BCUT2D eigenvalue weighted by Gasteiger charge is 2.39. The Balaban J connectivity index is 1.46. The maximum absolute atomic E-state index is 13.8. The number of halogens is 2. The fourth-order valence-corrected chi connectivity index (χ4v) is 5.58. The fraction of sp³-hybridized carbons (Fsp3) is 0.429. The van der Waals surface area contributed by atoms with Crippen LogP contribution in [0.2, 0.25) is 0 Å². The molecule has 0 spiro atoms. The van der Waals surface area contributed by atoms with Gasteiger partial charge in [0.25, 0.3) is 0 Å². The molecule has 1 fully saturated rings. The third-order valence-electron chi connectivity index (χ3n) is 7.22. The molecule has 0 radical (unpaired) electrons. The van der Waals surface area contributed by atoms with Gasteiger partial charge in [-0.1, -0.05) is 28.1 Å². The van der Waals surface area contributed by atoms with E-state index in [1.807, 2.05) is 13.8 Å². The van der Waals surface area contributed by atoms with E-state index in [0.29, 0.717) is 17.3 Å². The van der Waals surface area contributed by atoms with Crippen molar-refractivity contribution in [1.29, 1.82) is 0 Å². The van der Waals surface area contributed by atoms with E-state index in [4.69, 9.17) is 4.74 Å². The van der Waals surface area contributed by atoms with Crippen molar-refractivity contribution < 1.29 is 27.3 Å². The van der Waals surface area contributed by atoms with Gasteiger partial charge in [0.2, 0.25) is 5.75 Å². The Kier molecular flexibility index (Phi) is 9.75. The molecule has 2 atom stereocenters. The summed E-state index contributed by atoms with van der Waals surface area (Å²) in [7, 11) is -2.16. The van der Waals surface area contributed by atoms with E-state index in [9.17, 15) is 27.5 Å². The molecule has 4 rings (SSSR count). The number of anilines is 1. The van der Waals surface area contributed by atoms with Gasteiger partial charge in [0.15, 0.2) is 0 Å². The van der Waals surface area contributed by atoms with E-state index in [0.717, 1.165) is 35.2 Å². The Bertz CT molecular complexity index is 1510. The quantitative estimate of drug-likeness (QED) is 0.163. The van der Waals surface area contributed by atoms with Crippen LogP contribution in [0.4, 0.5) is 20.2 Å². The molecule has 14 heteroatoms. The highest BCUT2D eigenvalue weighted by atomic mass is 32.3. The normalized spacial score (nSPS) is 16.2. The molecule has 1 aromatic heterocycles. The molecule has 2 unspecified atom stereocenters. The molecule has 1 aliphatic rings. The Morgan fingerprint density at radius 2 is 1.93 bits per heavy atom. The van der Waals surface area contributed by atoms with Crippen LogP contribution in [0.1, 0.15) is 37.8 Å². The van der Waals surface area contributed by atoms with Gasteiger partial charge in [-0.3, -0.25) is 4.79 Å². The van der Waals surface area contributed by atoms with Gasteiger partial charge in [-0.05, 0) is 48.6 Å². The minimum Gasteiger partial charge on any atom is -0.629 e. The van der Waals surface area contributed by atoms with Crippen molar-refractivity contribution in [1.82, 2.24) is 18.8 Å². The van der Waals surface area contributed by atoms with Crippen molar-refractivity contribution in [3.05, 3.63) is 80.9 Å². The number of hydroxylamine groups is 1. The first-order valence-corrected chi connectivity index (χ1v) is 15.1. The second-order valence-corrected chi connectivity index (χ2v) is 12.6. The lowest BCUT2D eigenvalue weighted by molar-refractivity contribution is -0.751. The minimum absolute atomic E-state index is 0.0571. The SMILES string of the molecule is CCN(CCNc1cnn(-c2cc(F)cc(F)c2)c(=O)c1OCC1(C)CC1)[S+](=O)(O)NCc1ccc(C)c([NH+](C)[O-])c1. The van der Waals surface area contributed by atoms with Gasteiger partial charge in [0, 0.05) is 36.2 Å². The monoisotopic (exact) mass is 607 g/mol. The van der Waals surface area contributed by atoms with E-state index >= 15 is 0 Å². The number of quaternary nitrogens is 1. The molecule has 42 heavy (non-hydrogen) atoms. The van der Waals surface area contributed by atoms with Crippen molar-refractivity contribution in [3.8, 4) is 11.4 Å². The van der Waals surface area contributed by atoms with Gasteiger partial charge in [0.05, 0.1) is 38.6 Å². The topological polar surface area (TPSA) is 136 Å². The minimum atomic E-state index is -3.63. The second-order valence-electron chi connectivity index (χ2n) is 10.8. The summed E-state index contributed by atoms with van der Waals surface area (Å²) in [5.74, 6) is -1.76. The smallest absolute Gasteiger partial charge is 0.372 e. The Hall–Kier alpha value is -3.27. The van der Waals surface area contributed by atoms with Crippen LogP contribution < -0.4 is 25.4 Å². The molecular weight excluding hydrogens is 570 g/mol. The van der Waals surface area contributed by atoms with Crippen LogP contribution >= 0.6 is 0 Å². The summed E-state index contributed by atoms with van der Waals surface area (Å²) >= 11 is 0. The number of hydrogen-bond donors (Lipinski definition) is 4. The summed E-state index contributed by atoms with van der Waals surface area (Å²) in [4.78, 5) is 13.3. The number of hydrogen-bond acceptors (Lipinski definition) is 6. The third-order valence-corrected chi connectivity index (χ3v) is 8.88. The molecule has 1 heterocycles. The van der Waals surface area contributed by atoms with Crippen molar-refractivity contribution in [3.63, 3.8) is 0 Å². The van der Waals surface area contributed by atoms with Crippen LogP contribution in [0, 0.1) is 29.2 Å². The summed E-state index contributed by atoms with van der Waals surface area (Å²) in [6.45, 7) is 6.45. The standard InChI is InChI=1S/C28H36F2N6O5S/c1-5-35(42(39,40)33-16-20-7-6-19(2)25(12-20)34(4)38)11-10-31-24-17-32-36(23-14-21(29)13-22(30)15-23)27(37)26(24)41-18-28(3)8-9-28/h6-7,12-15,17,34H,5,8-11,16,18H2,1-4H3,(H2-,31,33,37,39,40)/p+1. The van der Waals surface area contributed by atoms with Crippen molar-refractivity contribution in [2.75, 3.05) is 38.6 Å². The number of aryl methyl sites for hydroxylation is 1. The number of nitrogens with zero attached hydrogens (tertiary/aromatic N) is 3. The Morgan fingerprint density at radius 3 is 2.55 bits per heavy atom. The van der Waals surface area contributed by atoms with Crippen molar-refractivity contribution in [2.45, 2.75) is 40.2 Å². The zero-order valence-corrected chi connectivity index (χ0v) is 24.9. The summed E-state index contributed by atoms with van der Waals surface area (Å²) in [6.07, 6.45) is 3.22. The van der Waals surface area contributed by atoms with Crippen LogP contribution in [0.3, 0.4) is 0 Å². The summed E-state index contributed by atoms with van der Waals surface area (Å²) in [5, 5.41) is 18.9. The predicted octanol–water partition coefficient (Wildman–Crippen LogP) is 2.97. The lowest BCUT2D eigenvalue weighted by Gasteiger charge is -2.21. The molecule has 228 valence electrons. The van der Waals surface area contributed by atoms with E-state index in [-0.39, 0.29) is 60.4 Å². The van der Waals surface area contributed by atoms with Crippen molar-refractivity contribution in [2.24, 2.45) is 5.41 Å². The number of rotatable bonds is 14. The average molecular weight is 608 g/mol. The average Bonchev–Trinajstić information content (AvgIpc) is 3.66. The van der Waals surface area contributed by atoms with Crippen LogP contribution in [0.15, 0.2) is 47.4 Å². The summed E-state index contributed by atoms with van der Waals surface area (Å²) < 4.78 is 62.4. The van der Waals surface area contributed by atoms with E-state index in [1.54, 1.807) is 25.1 Å². The first kappa shape index (κ1) is 31.7. The maximum Gasteiger partial charge on any atom is 0.372 e. The number of nitrogens with one attached hydrogen (secondary N) is 3. The molecule has 0 amide bonds. The molecule has 4 N–H and O–H groups in total. The molecule has 1 saturated carbocycles. The Labute approximate surface area is 244 Å². The van der Waals surface area contributed by atoms with Crippen LogP contribution in [0.25, 0.3) is 5.69 Å². The molecule has 0 saturated heterocycles.